The first-order valence-corrected chi connectivity index (χ1v) is 10.3. The molecule has 9 nitrogen and oxygen atoms in total. The van der Waals surface area contributed by atoms with E-state index in [4.69, 9.17) is 27.1 Å². The Morgan fingerprint density at radius 1 is 1.48 bits per heavy atom. The lowest BCUT2D eigenvalue weighted by Crippen LogP contribution is -2.43. The Balaban J connectivity index is 1.80. The molecule has 0 bridgehead atoms. The first-order valence-electron chi connectivity index (χ1n) is 9.92. The van der Waals surface area contributed by atoms with E-state index in [1.54, 1.807) is 28.8 Å². The number of hydrogen-bond acceptors (Lipinski definition) is 8. The highest BCUT2D eigenvalue weighted by molar-refractivity contribution is 6.35. The summed E-state index contributed by atoms with van der Waals surface area (Å²) in [4.78, 5) is 22.1. The number of morpholine rings is 1. The number of nitrogen functional groups attached to an aromatic ring is 1. The van der Waals surface area contributed by atoms with E-state index in [1.807, 2.05) is 6.92 Å². The van der Waals surface area contributed by atoms with Gasteiger partial charge in [0.05, 0.1) is 46.9 Å². The molecule has 0 spiro atoms. The molecule has 31 heavy (non-hydrogen) atoms. The van der Waals surface area contributed by atoms with Gasteiger partial charge in [-0.2, -0.15) is 5.26 Å². The summed E-state index contributed by atoms with van der Waals surface area (Å²) in [5, 5.41) is 16.7. The highest BCUT2D eigenvalue weighted by Gasteiger charge is 2.23. The topological polar surface area (TPSA) is 131 Å². The normalized spacial score (nSPS) is 17.3. The second kappa shape index (κ2) is 8.89. The zero-order valence-electron chi connectivity index (χ0n) is 16.9. The number of nitrogens with zero attached hydrogens (tertiary/aromatic N) is 4. The van der Waals surface area contributed by atoms with Crippen molar-refractivity contribution in [2.24, 2.45) is 0 Å². The molecule has 3 aromatic rings. The number of fused-ring (bicyclic) bond motifs is 1. The van der Waals surface area contributed by atoms with Gasteiger partial charge in [0.25, 0.3) is 5.56 Å². The molecule has 0 radical (unpaired) electrons. The van der Waals surface area contributed by atoms with Crippen LogP contribution in [0.25, 0.3) is 10.9 Å². The molecule has 10 heteroatoms. The van der Waals surface area contributed by atoms with Crippen LogP contribution in [0.4, 0.5) is 11.5 Å². The Kier molecular flexibility index (Phi) is 6.04. The molecule has 1 saturated heterocycles. The quantitative estimate of drug-likeness (QED) is 0.550. The van der Waals surface area contributed by atoms with E-state index in [0.717, 1.165) is 6.54 Å². The minimum Gasteiger partial charge on any atom is -0.383 e. The van der Waals surface area contributed by atoms with Gasteiger partial charge >= 0.3 is 0 Å². The van der Waals surface area contributed by atoms with Gasteiger partial charge in [-0.25, -0.2) is 9.97 Å². The maximum Gasteiger partial charge on any atom is 0.263 e. The minimum absolute atomic E-state index is 0.136. The van der Waals surface area contributed by atoms with Crippen molar-refractivity contribution in [2.75, 3.05) is 30.7 Å². The van der Waals surface area contributed by atoms with Gasteiger partial charge in [0.15, 0.2) is 0 Å². The molecule has 1 aliphatic rings. The molecule has 3 heterocycles. The highest BCUT2D eigenvalue weighted by Crippen LogP contribution is 2.26. The Labute approximate surface area is 183 Å². The fourth-order valence-corrected chi connectivity index (χ4v) is 3.95. The number of aromatic nitrogens is 3. The number of anilines is 2. The number of hydrogen-bond donors (Lipinski definition) is 3. The number of halogens is 1. The van der Waals surface area contributed by atoms with Gasteiger partial charge in [-0.05, 0) is 25.1 Å². The van der Waals surface area contributed by atoms with Crippen LogP contribution >= 0.6 is 11.6 Å². The molecule has 0 saturated carbocycles. The average Bonchev–Trinajstić information content (AvgIpc) is 2.76. The zero-order valence-corrected chi connectivity index (χ0v) is 17.7. The minimum atomic E-state index is -0.415. The lowest BCUT2D eigenvalue weighted by atomic mass is 10.1. The smallest absolute Gasteiger partial charge is 0.263 e. The molecule has 4 N–H and O–H groups in total. The van der Waals surface area contributed by atoms with Crippen LogP contribution in [0.3, 0.4) is 0 Å². The van der Waals surface area contributed by atoms with Crippen molar-refractivity contribution < 1.29 is 4.74 Å². The van der Waals surface area contributed by atoms with Crippen LogP contribution in [-0.4, -0.2) is 40.3 Å². The van der Waals surface area contributed by atoms with Crippen LogP contribution in [0.2, 0.25) is 5.02 Å². The van der Waals surface area contributed by atoms with Crippen molar-refractivity contribution in [1.82, 2.24) is 19.9 Å². The number of benzene rings is 1. The molecule has 0 aliphatic carbocycles. The molecular formula is C21H22ClN7O2. The van der Waals surface area contributed by atoms with E-state index >= 15 is 0 Å². The van der Waals surface area contributed by atoms with Crippen LogP contribution < -0.4 is 21.9 Å². The van der Waals surface area contributed by atoms with E-state index in [2.05, 4.69) is 21.7 Å². The molecule has 1 fully saturated rings. The molecule has 160 valence electrons. The third-order valence-electron chi connectivity index (χ3n) is 5.20. The standard InChI is InChI=1S/C21H22ClN7O2/c1-12(27-16-5-6-26-19(24)14(16)9-23)20-28-17-4-2-3-15(22)18(17)21(30)29(20)11-13-10-25-7-8-31-13/h2-6,12-13,25H,7-8,10-11H2,1H3,(H3,24,26,27)/t12-,13?/m0/s1. The molecular weight excluding hydrogens is 418 g/mol. The lowest BCUT2D eigenvalue weighted by molar-refractivity contribution is 0.0169. The van der Waals surface area contributed by atoms with Crippen LogP contribution in [0, 0.1) is 11.3 Å². The lowest BCUT2D eigenvalue weighted by Gasteiger charge is -2.27. The number of nitriles is 1. The SMILES string of the molecule is C[C@H](Nc1ccnc(N)c1C#N)c1nc2cccc(Cl)c2c(=O)n1CC1CNCCO1. The van der Waals surface area contributed by atoms with Crippen LogP contribution in [-0.2, 0) is 11.3 Å². The Hall–Kier alpha value is -3.19. The predicted molar refractivity (Wildman–Crippen MR) is 119 cm³/mol. The summed E-state index contributed by atoms with van der Waals surface area (Å²) in [6, 6.07) is 8.51. The van der Waals surface area contributed by atoms with Crippen LogP contribution in [0.1, 0.15) is 24.4 Å². The maximum atomic E-state index is 13.4. The number of nitrogens with one attached hydrogen (secondary N) is 2. The maximum absolute atomic E-state index is 13.4. The van der Waals surface area contributed by atoms with E-state index in [0.29, 0.717) is 47.1 Å². The van der Waals surface area contributed by atoms with E-state index < -0.39 is 6.04 Å². The van der Waals surface area contributed by atoms with Crippen molar-refractivity contribution in [1.29, 1.82) is 5.26 Å². The highest BCUT2D eigenvalue weighted by atomic mass is 35.5. The van der Waals surface area contributed by atoms with Gasteiger partial charge in [-0.1, -0.05) is 17.7 Å². The summed E-state index contributed by atoms with van der Waals surface area (Å²) in [6.07, 6.45) is 1.35. The summed E-state index contributed by atoms with van der Waals surface area (Å²) in [5.74, 6) is 0.644. The summed E-state index contributed by atoms with van der Waals surface area (Å²) in [6.45, 7) is 4.18. The number of nitrogens with two attached hydrogens (primary N) is 1. The third-order valence-corrected chi connectivity index (χ3v) is 5.52. The summed E-state index contributed by atoms with van der Waals surface area (Å²) in [7, 11) is 0. The predicted octanol–water partition coefficient (Wildman–Crippen LogP) is 2.06. The van der Waals surface area contributed by atoms with Gasteiger partial charge < -0.3 is 21.1 Å². The summed E-state index contributed by atoms with van der Waals surface area (Å²) in [5.41, 5.74) is 6.87. The molecule has 2 aromatic heterocycles. The van der Waals surface area contributed by atoms with E-state index in [-0.39, 0.29) is 23.0 Å². The van der Waals surface area contributed by atoms with Crippen molar-refractivity contribution in [2.45, 2.75) is 25.6 Å². The average molecular weight is 440 g/mol. The molecule has 1 aromatic carbocycles. The van der Waals surface area contributed by atoms with Gasteiger partial charge in [0.2, 0.25) is 0 Å². The van der Waals surface area contributed by atoms with Crippen LogP contribution in [0.5, 0.6) is 0 Å². The van der Waals surface area contributed by atoms with Crippen molar-refractivity contribution in [3.05, 3.63) is 57.2 Å². The molecule has 1 unspecified atom stereocenters. The van der Waals surface area contributed by atoms with Gasteiger partial charge in [-0.15, -0.1) is 0 Å². The van der Waals surface area contributed by atoms with Gasteiger partial charge in [0, 0.05) is 19.3 Å². The monoisotopic (exact) mass is 439 g/mol. The number of pyridine rings is 1. The summed E-state index contributed by atoms with van der Waals surface area (Å²) >= 11 is 6.33. The molecule has 2 atom stereocenters. The van der Waals surface area contributed by atoms with Gasteiger partial charge in [-0.3, -0.25) is 9.36 Å². The van der Waals surface area contributed by atoms with Gasteiger partial charge in [0.1, 0.15) is 23.3 Å². The second-order valence-corrected chi connectivity index (χ2v) is 7.72. The van der Waals surface area contributed by atoms with E-state index in [9.17, 15) is 10.1 Å². The fourth-order valence-electron chi connectivity index (χ4n) is 3.70. The zero-order chi connectivity index (χ0) is 22.0. The molecule has 0 amide bonds. The Morgan fingerprint density at radius 3 is 3.06 bits per heavy atom. The molecule has 1 aliphatic heterocycles. The third kappa shape index (κ3) is 4.18. The largest absolute Gasteiger partial charge is 0.383 e. The second-order valence-electron chi connectivity index (χ2n) is 7.31. The number of rotatable bonds is 5. The first kappa shape index (κ1) is 21.1. The van der Waals surface area contributed by atoms with Crippen molar-refractivity contribution >= 4 is 34.0 Å². The number of ether oxygens (including phenoxy) is 1. The van der Waals surface area contributed by atoms with Crippen molar-refractivity contribution in [3.63, 3.8) is 0 Å². The summed E-state index contributed by atoms with van der Waals surface area (Å²) < 4.78 is 7.41. The molecule has 4 rings (SSSR count). The first-order chi connectivity index (χ1) is 15.0. The van der Waals surface area contributed by atoms with Crippen LogP contribution in [0.15, 0.2) is 35.3 Å². The van der Waals surface area contributed by atoms with Crippen molar-refractivity contribution in [3.8, 4) is 6.07 Å². The fraction of sp³-hybridized carbons (Fsp3) is 0.333. The Bertz CT molecular complexity index is 1210. The Morgan fingerprint density at radius 2 is 2.32 bits per heavy atom. The van der Waals surface area contributed by atoms with E-state index in [1.165, 1.54) is 6.20 Å².